The first-order valence-corrected chi connectivity index (χ1v) is 6.82. The van der Waals surface area contributed by atoms with Gasteiger partial charge in [0.05, 0.1) is 18.5 Å². The summed E-state index contributed by atoms with van der Waals surface area (Å²) in [5.41, 5.74) is 3.25. The van der Waals surface area contributed by atoms with Crippen LogP contribution in [-0.4, -0.2) is 16.9 Å². The molecular weight excluding hydrogens is 262 g/mol. The standard InChI is InChI=1S/C17H17N3O/c1-21-15-7-4-6-14(12-15)13-18-16-8-2-3-9-17(16)20-11-5-10-19-20/h2-12,18H,13H2,1H3. The predicted octanol–water partition coefficient (Wildman–Crippen LogP) is 3.49. The maximum atomic E-state index is 5.25. The lowest BCUT2D eigenvalue weighted by Crippen LogP contribution is -2.04. The summed E-state index contributed by atoms with van der Waals surface area (Å²) in [5.74, 6) is 0.870. The topological polar surface area (TPSA) is 39.1 Å². The van der Waals surface area contributed by atoms with Gasteiger partial charge in [0.1, 0.15) is 5.75 Å². The van der Waals surface area contributed by atoms with Crippen molar-refractivity contribution in [1.82, 2.24) is 9.78 Å². The van der Waals surface area contributed by atoms with Crippen molar-refractivity contribution in [1.29, 1.82) is 0 Å². The molecule has 0 fully saturated rings. The summed E-state index contributed by atoms with van der Waals surface area (Å²) in [6.07, 6.45) is 3.71. The molecule has 3 aromatic rings. The molecular formula is C17H17N3O. The van der Waals surface area contributed by atoms with Crippen LogP contribution in [0.4, 0.5) is 5.69 Å². The zero-order chi connectivity index (χ0) is 14.5. The predicted molar refractivity (Wildman–Crippen MR) is 83.9 cm³/mol. The Hall–Kier alpha value is -2.75. The van der Waals surface area contributed by atoms with E-state index in [1.165, 1.54) is 5.56 Å². The summed E-state index contributed by atoms with van der Waals surface area (Å²) in [6, 6.07) is 18.1. The molecule has 106 valence electrons. The Morgan fingerprint density at radius 1 is 1.10 bits per heavy atom. The van der Waals surface area contributed by atoms with Crippen LogP contribution in [0.25, 0.3) is 5.69 Å². The van der Waals surface area contributed by atoms with Gasteiger partial charge in [-0.3, -0.25) is 0 Å². The first kappa shape index (κ1) is 13.2. The van der Waals surface area contributed by atoms with E-state index in [2.05, 4.69) is 22.5 Å². The summed E-state index contributed by atoms with van der Waals surface area (Å²) in [5, 5.41) is 7.74. The van der Waals surface area contributed by atoms with E-state index >= 15 is 0 Å². The van der Waals surface area contributed by atoms with Crippen LogP contribution in [0.5, 0.6) is 5.75 Å². The maximum Gasteiger partial charge on any atom is 0.119 e. The average Bonchev–Trinajstić information content (AvgIpc) is 3.08. The zero-order valence-corrected chi connectivity index (χ0v) is 11.9. The minimum absolute atomic E-state index is 0.732. The van der Waals surface area contributed by atoms with Crippen molar-refractivity contribution in [2.75, 3.05) is 12.4 Å². The summed E-state index contributed by atoms with van der Waals surface area (Å²) in [6.45, 7) is 0.732. The highest BCUT2D eigenvalue weighted by atomic mass is 16.5. The number of methoxy groups -OCH3 is 1. The smallest absolute Gasteiger partial charge is 0.119 e. The van der Waals surface area contributed by atoms with Crippen LogP contribution in [0.2, 0.25) is 0 Å². The van der Waals surface area contributed by atoms with Gasteiger partial charge in [-0.15, -0.1) is 0 Å². The quantitative estimate of drug-likeness (QED) is 0.777. The highest BCUT2D eigenvalue weighted by Crippen LogP contribution is 2.20. The van der Waals surface area contributed by atoms with E-state index in [4.69, 9.17) is 4.74 Å². The minimum atomic E-state index is 0.732. The van der Waals surface area contributed by atoms with E-state index in [0.717, 1.165) is 23.7 Å². The summed E-state index contributed by atoms with van der Waals surface area (Å²) in [7, 11) is 1.68. The molecule has 3 rings (SSSR count). The number of rotatable bonds is 5. The number of ether oxygens (including phenoxy) is 1. The molecule has 4 heteroatoms. The highest BCUT2D eigenvalue weighted by Gasteiger charge is 2.04. The molecule has 0 aliphatic rings. The van der Waals surface area contributed by atoms with Crippen LogP contribution >= 0.6 is 0 Å². The van der Waals surface area contributed by atoms with E-state index in [9.17, 15) is 0 Å². The molecule has 0 radical (unpaired) electrons. The molecule has 0 unspecified atom stereocenters. The van der Waals surface area contributed by atoms with Gasteiger partial charge in [0, 0.05) is 18.9 Å². The van der Waals surface area contributed by atoms with Gasteiger partial charge >= 0.3 is 0 Å². The van der Waals surface area contributed by atoms with Gasteiger partial charge in [-0.1, -0.05) is 24.3 Å². The van der Waals surface area contributed by atoms with Crippen LogP contribution < -0.4 is 10.1 Å². The molecule has 0 aliphatic carbocycles. The molecule has 4 nitrogen and oxygen atoms in total. The summed E-state index contributed by atoms with van der Waals surface area (Å²) in [4.78, 5) is 0. The van der Waals surface area contributed by atoms with Gasteiger partial charge < -0.3 is 10.1 Å². The maximum absolute atomic E-state index is 5.25. The normalized spacial score (nSPS) is 10.3. The third kappa shape index (κ3) is 3.05. The monoisotopic (exact) mass is 279 g/mol. The number of para-hydroxylation sites is 2. The molecule has 0 atom stereocenters. The Morgan fingerprint density at radius 3 is 2.81 bits per heavy atom. The Labute approximate surface area is 124 Å². The Morgan fingerprint density at radius 2 is 2.00 bits per heavy atom. The van der Waals surface area contributed by atoms with Crippen LogP contribution in [-0.2, 0) is 6.54 Å². The molecule has 0 amide bonds. The molecule has 0 saturated heterocycles. The number of aromatic nitrogens is 2. The summed E-state index contributed by atoms with van der Waals surface area (Å²) < 4.78 is 7.10. The van der Waals surface area contributed by atoms with Crippen molar-refractivity contribution in [2.45, 2.75) is 6.54 Å². The van der Waals surface area contributed by atoms with Crippen molar-refractivity contribution < 1.29 is 4.74 Å². The molecule has 0 bridgehead atoms. The molecule has 0 saturated carbocycles. The number of hydrogen-bond acceptors (Lipinski definition) is 3. The van der Waals surface area contributed by atoms with E-state index in [-0.39, 0.29) is 0 Å². The van der Waals surface area contributed by atoms with Crippen LogP contribution in [0, 0.1) is 0 Å². The number of hydrogen-bond donors (Lipinski definition) is 1. The second-order valence-electron chi connectivity index (χ2n) is 4.67. The molecule has 2 aromatic carbocycles. The number of anilines is 1. The highest BCUT2D eigenvalue weighted by molar-refractivity contribution is 5.60. The van der Waals surface area contributed by atoms with Crippen molar-refractivity contribution in [3.63, 3.8) is 0 Å². The van der Waals surface area contributed by atoms with Crippen molar-refractivity contribution in [2.24, 2.45) is 0 Å². The van der Waals surface area contributed by atoms with Crippen LogP contribution in [0.3, 0.4) is 0 Å². The lowest BCUT2D eigenvalue weighted by molar-refractivity contribution is 0.414. The van der Waals surface area contributed by atoms with Gasteiger partial charge in [0.15, 0.2) is 0 Å². The minimum Gasteiger partial charge on any atom is -0.497 e. The molecule has 1 heterocycles. The Balaban J connectivity index is 1.79. The van der Waals surface area contributed by atoms with Gasteiger partial charge in [0.25, 0.3) is 0 Å². The fourth-order valence-corrected chi connectivity index (χ4v) is 2.21. The van der Waals surface area contributed by atoms with Crippen molar-refractivity contribution in [3.8, 4) is 11.4 Å². The lowest BCUT2D eigenvalue weighted by atomic mass is 10.2. The van der Waals surface area contributed by atoms with Crippen molar-refractivity contribution >= 4 is 5.69 Å². The fourth-order valence-electron chi connectivity index (χ4n) is 2.21. The SMILES string of the molecule is COc1cccc(CNc2ccccc2-n2cccn2)c1. The van der Waals surface area contributed by atoms with Gasteiger partial charge in [0.2, 0.25) is 0 Å². The van der Waals surface area contributed by atoms with E-state index in [1.807, 2.05) is 53.3 Å². The van der Waals surface area contributed by atoms with E-state index in [1.54, 1.807) is 13.3 Å². The third-order valence-corrected chi connectivity index (χ3v) is 3.27. The molecule has 0 aliphatic heterocycles. The number of benzene rings is 2. The number of nitrogens with zero attached hydrogens (tertiary/aromatic N) is 2. The molecule has 1 N–H and O–H groups in total. The Bertz CT molecular complexity index is 708. The van der Waals surface area contributed by atoms with Gasteiger partial charge in [-0.05, 0) is 35.9 Å². The fraction of sp³-hybridized carbons (Fsp3) is 0.118. The van der Waals surface area contributed by atoms with Gasteiger partial charge in [-0.25, -0.2) is 4.68 Å². The van der Waals surface area contributed by atoms with E-state index < -0.39 is 0 Å². The Kier molecular flexibility index (Phi) is 3.87. The first-order chi connectivity index (χ1) is 10.4. The number of nitrogens with one attached hydrogen (secondary N) is 1. The van der Waals surface area contributed by atoms with Gasteiger partial charge in [-0.2, -0.15) is 5.10 Å². The second-order valence-corrected chi connectivity index (χ2v) is 4.67. The van der Waals surface area contributed by atoms with Crippen molar-refractivity contribution in [3.05, 3.63) is 72.6 Å². The average molecular weight is 279 g/mol. The third-order valence-electron chi connectivity index (χ3n) is 3.27. The van der Waals surface area contributed by atoms with Crippen LogP contribution in [0.15, 0.2) is 67.0 Å². The van der Waals surface area contributed by atoms with E-state index in [0.29, 0.717) is 0 Å². The zero-order valence-electron chi connectivity index (χ0n) is 11.9. The lowest BCUT2D eigenvalue weighted by Gasteiger charge is -2.12. The molecule has 1 aromatic heterocycles. The molecule has 21 heavy (non-hydrogen) atoms. The summed E-state index contributed by atoms with van der Waals surface area (Å²) >= 11 is 0. The first-order valence-electron chi connectivity index (χ1n) is 6.82. The second kappa shape index (κ2) is 6.13. The molecule has 0 spiro atoms. The largest absolute Gasteiger partial charge is 0.497 e. The van der Waals surface area contributed by atoms with Crippen LogP contribution in [0.1, 0.15) is 5.56 Å².